The molecule has 1 aromatic heterocycles. The first-order valence-corrected chi connectivity index (χ1v) is 8.82. The molecule has 2 aromatic carbocycles. The van der Waals surface area contributed by atoms with Crippen molar-refractivity contribution >= 4 is 28.5 Å². The van der Waals surface area contributed by atoms with Crippen LogP contribution in [0.5, 0.6) is 5.88 Å². The van der Waals surface area contributed by atoms with E-state index in [9.17, 15) is 5.11 Å². The topological polar surface area (TPSA) is 60.9 Å². The normalized spacial score (nSPS) is 11.5. The molecule has 0 spiro atoms. The van der Waals surface area contributed by atoms with E-state index in [2.05, 4.69) is 33.9 Å². The summed E-state index contributed by atoms with van der Waals surface area (Å²) in [7, 11) is 1.72. The van der Waals surface area contributed by atoms with E-state index in [4.69, 9.17) is 4.74 Å². The fourth-order valence-corrected chi connectivity index (χ4v) is 3.13. The third kappa shape index (κ3) is 3.73. The number of aromatic nitrogens is 1. The number of likely N-dealkylation sites (N-methyl/N-ethyl adjacent to an activating group) is 1. The van der Waals surface area contributed by atoms with Crippen LogP contribution in [-0.4, -0.2) is 43.1 Å². The molecule has 1 heterocycles. The summed E-state index contributed by atoms with van der Waals surface area (Å²) >= 11 is 0. The number of hydrogen-bond acceptors (Lipinski definition) is 4. The Labute approximate surface area is 153 Å². The average molecular weight is 351 g/mol. The average Bonchev–Trinajstić information content (AvgIpc) is 2.98. The van der Waals surface area contributed by atoms with Crippen LogP contribution in [0.15, 0.2) is 47.5 Å². The standard InChI is InChI=1S/C21H25N3O2/c1-4-24(12-13-26-3)17-10-8-16(9-11-17)22-14-18-20-15(2)6-5-7-19(20)23-21(18)25/h5-11,14,23,25H,4,12-13H2,1-3H3. The molecule has 0 fully saturated rings. The summed E-state index contributed by atoms with van der Waals surface area (Å²) < 4.78 is 5.16. The monoisotopic (exact) mass is 351 g/mol. The molecule has 0 atom stereocenters. The fraction of sp³-hybridized carbons (Fsp3) is 0.286. The largest absolute Gasteiger partial charge is 0.494 e. The van der Waals surface area contributed by atoms with Crippen molar-refractivity contribution < 1.29 is 9.84 Å². The van der Waals surface area contributed by atoms with Crippen molar-refractivity contribution in [2.45, 2.75) is 13.8 Å². The number of nitrogens with zero attached hydrogens (tertiary/aromatic N) is 2. The van der Waals surface area contributed by atoms with Crippen molar-refractivity contribution in [3.63, 3.8) is 0 Å². The van der Waals surface area contributed by atoms with Crippen LogP contribution in [0.2, 0.25) is 0 Å². The number of methoxy groups -OCH3 is 1. The summed E-state index contributed by atoms with van der Waals surface area (Å²) in [6.45, 7) is 6.64. The van der Waals surface area contributed by atoms with Gasteiger partial charge in [0.25, 0.3) is 0 Å². The lowest BCUT2D eigenvalue weighted by Crippen LogP contribution is -2.26. The minimum atomic E-state index is 0.145. The molecule has 0 bridgehead atoms. The van der Waals surface area contributed by atoms with Gasteiger partial charge in [-0.1, -0.05) is 12.1 Å². The van der Waals surface area contributed by atoms with Crippen molar-refractivity contribution in [1.29, 1.82) is 0 Å². The first kappa shape index (κ1) is 18.0. The van der Waals surface area contributed by atoms with E-state index in [0.29, 0.717) is 6.61 Å². The number of aryl methyl sites for hydroxylation is 1. The summed E-state index contributed by atoms with van der Waals surface area (Å²) in [5, 5.41) is 11.2. The van der Waals surface area contributed by atoms with Crippen LogP contribution in [0.25, 0.3) is 10.9 Å². The van der Waals surface area contributed by atoms with Gasteiger partial charge < -0.3 is 19.7 Å². The smallest absolute Gasteiger partial charge is 0.198 e. The molecule has 0 amide bonds. The summed E-state index contributed by atoms with van der Waals surface area (Å²) in [5.41, 5.74) is 4.73. The predicted molar refractivity (Wildman–Crippen MR) is 108 cm³/mol. The number of H-pyrrole nitrogens is 1. The molecule has 0 saturated carbocycles. The summed E-state index contributed by atoms with van der Waals surface area (Å²) in [6, 6.07) is 14.0. The van der Waals surface area contributed by atoms with E-state index in [0.717, 1.165) is 46.5 Å². The molecule has 136 valence electrons. The Hall–Kier alpha value is -2.79. The highest BCUT2D eigenvalue weighted by Gasteiger charge is 2.10. The van der Waals surface area contributed by atoms with Crippen LogP contribution in [0, 0.1) is 6.92 Å². The molecule has 0 radical (unpaired) electrons. The Morgan fingerprint density at radius 1 is 1.19 bits per heavy atom. The van der Waals surface area contributed by atoms with Gasteiger partial charge in [-0.2, -0.15) is 0 Å². The first-order chi connectivity index (χ1) is 12.6. The zero-order chi connectivity index (χ0) is 18.5. The maximum absolute atomic E-state index is 10.2. The van der Waals surface area contributed by atoms with Crippen LogP contribution in [0.3, 0.4) is 0 Å². The minimum Gasteiger partial charge on any atom is -0.494 e. The lowest BCUT2D eigenvalue weighted by atomic mass is 10.1. The molecule has 3 rings (SSSR count). The van der Waals surface area contributed by atoms with Gasteiger partial charge in [0.2, 0.25) is 0 Å². The number of nitrogens with one attached hydrogen (secondary N) is 1. The van der Waals surface area contributed by atoms with Gasteiger partial charge in [0.15, 0.2) is 5.88 Å². The lowest BCUT2D eigenvalue weighted by Gasteiger charge is -2.22. The van der Waals surface area contributed by atoms with Crippen molar-refractivity contribution in [2.75, 3.05) is 31.7 Å². The number of aromatic hydroxyl groups is 1. The molecule has 5 heteroatoms. The first-order valence-electron chi connectivity index (χ1n) is 8.82. The predicted octanol–water partition coefficient (Wildman–Crippen LogP) is 4.41. The van der Waals surface area contributed by atoms with E-state index in [1.807, 2.05) is 37.3 Å². The van der Waals surface area contributed by atoms with Crippen molar-refractivity contribution in [3.05, 3.63) is 53.6 Å². The molecule has 26 heavy (non-hydrogen) atoms. The second-order valence-corrected chi connectivity index (χ2v) is 6.23. The van der Waals surface area contributed by atoms with Gasteiger partial charge in [0.05, 0.1) is 17.9 Å². The highest BCUT2D eigenvalue weighted by atomic mass is 16.5. The molecule has 3 aromatic rings. The number of ether oxygens (including phenoxy) is 1. The Bertz CT molecular complexity index is 898. The zero-order valence-electron chi connectivity index (χ0n) is 15.5. The Morgan fingerprint density at radius 3 is 2.65 bits per heavy atom. The number of rotatable bonds is 7. The van der Waals surface area contributed by atoms with Crippen LogP contribution >= 0.6 is 0 Å². The Kier molecular flexibility index (Phi) is 5.58. The van der Waals surface area contributed by atoms with Gasteiger partial charge in [0, 0.05) is 43.0 Å². The molecular formula is C21H25N3O2. The number of aromatic amines is 1. The van der Waals surface area contributed by atoms with Crippen LogP contribution < -0.4 is 4.90 Å². The van der Waals surface area contributed by atoms with Crippen LogP contribution in [0.4, 0.5) is 11.4 Å². The van der Waals surface area contributed by atoms with Gasteiger partial charge in [-0.3, -0.25) is 4.99 Å². The Balaban J connectivity index is 1.82. The van der Waals surface area contributed by atoms with E-state index in [1.165, 1.54) is 0 Å². The van der Waals surface area contributed by atoms with Gasteiger partial charge in [0.1, 0.15) is 0 Å². The van der Waals surface area contributed by atoms with E-state index >= 15 is 0 Å². The molecule has 0 saturated heterocycles. The second kappa shape index (κ2) is 8.06. The summed E-state index contributed by atoms with van der Waals surface area (Å²) in [4.78, 5) is 9.80. The molecule has 0 aliphatic rings. The van der Waals surface area contributed by atoms with E-state index in [-0.39, 0.29) is 5.88 Å². The maximum Gasteiger partial charge on any atom is 0.198 e. The fourth-order valence-electron chi connectivity index (χ4n) is 3.13. The molecule has 5 nitrogen and oxygen atoms in total. The number of fused-ring (bicyclic) bond motifs is 1. The molecule has 0 unspecified atom stereocenters. The van der Waals surface area contributed by atoms with E-state index < -0.39 is 0 Å². The molecule has 0 aliphatic heterocycles. The van der Waals surface area contributed by atoms with Gasteiger partial charge in [-0.25, -0.2) is 0 Å². The van der Waals surface area contributed by atoms with Crippen molar-refractivity contribution in [1.82, 2.24) is 4.98 Å². The minimum absolute atomic E-state index is 0.145. The Morgan fingerprint density at radius 2 is 1.96 bits per heavy atom. The third-order valence-electron chi connectivity index (χ3n) is 4.55. The SMILES string of the molecule is CCN(CCOC)c1ccc(N=Cc2c(O)[nH]c3cccc(C)c23)cc1. The summed E-state index contributed by atoms with van der Waals surface area (Å²) in [5.74, 6) is 0.145. The quantitative estimate of drug-likeness (QED) is 0.620. The van der Waals surface area contributed by atoms with Gasteiger partial charge in [-0.05, 0) is 49.7 Å². The third-order valence-corrected chi connectivity index (χ3v) is 4.55. The van der Waals surface area contributed by atoms with Gasteiger partial charge in [-0.15, -0.1) is 0 Å². The molecule has 0 aliphatic carbocycles. The number of anilines is 1. The number of benzene rings is 2. The maximum atomic E-state index is 10.2. The number of aliphatic imine (C=N–C) groups is 1. The molecule has 2 N–H and O–H groups in total. The second-order valence-electron chi connectivity index (χ2n) is 6.23. The molecular weight excluding hydrogens is 326 g/mol. The highest BCUT2D eigenvalue weighted by Crippen LogP contribution is 2.29. The van der Waals surface area contributed by atoms with Crippen LogP contribution in [0.1, 0.15) is 18.1 Å². The number of hydrogen-bond donors (Lipinski definition) is 2. The van der Waals surface area contributed by atoms with E-state index in [1.54, 1.807) is 13.3 Å². The van der Waals surface area contributed by atoms with Crippen molar-refractivity contribution in [2.24, 2.45) is 4.99 Å². The summed E-state index contributed by atoms with van der Waals surface area (Å²) in [6.07, 6.45) is 1.72. The highest BCUT2D eigenvalue weighted by molar-refractivity contribution is 6.04. The van der Waals surface area contributed by atoms with Crippen molar-refractivity contribution in [3.8, 4) is 5.88 Å². The lowest BCUT2D eigenvalue weighted by molar-refractivity contribution is 0.205. The van der Waals surface area contributed by atoms with Gasteiger partial charge >= 0.3 is 0 Å². The van der Waals surface area contributed by atoms with Crippen LogP contribution in [-0.2, 0) is 4.74 Å². The zero-order valence-corrected chi connectivity index (χ0v) is 15.5.